The van der Waals surface area contributed by atoms with E-state index in [1.807, 2.05) is 18.5 Å². The van der Waals surface area contributed by atoms with Gasteiger partial charge in [0, 0.05) is 45.6 Å². The van der Waals surface area contributed by atoms with Crippen LogP contribution in [0.4, 0.5) is 13.2 Å². The molecule has 0 bridgehead atoms. The summed E-state index contributed by atoms with van der Waals surface area (Å²) in [5.41, 5.74) is 1.24. The van der Waals surface area contributed by atoms with Gasteiger partial charge < -0.3 is 19.5 Å². The maximum absolute atomic E-state index is 11.6. The molecular weight excluding hydrogens is 419 g/mol. The van der Waals surface area contributed by atoms with Gasteiger partial charge in [-0.1, -0.05) is 6.07 Å². The molecule has 2 heterocycles. The molecule has 2 fully saturated rings. The lowest BCUT2D eigenvalue weighted by Crippen LogP contribution is -2.47. The zero-order chi connectivity index (χ0) is 23.0. The van der Waals surface area contributed by atoms with Crippen LogP contribution in [0.1, 0.15) is 18.4 Å². The highest BCUT2D eigenvalue weighted by Gasteiger charge is 2.41. The van der Waals surface area contributed by atoms with Crippen molar-refractivity contribution in [3.8, 4) is 0 Å². The van der Waals surface area contributed by atoms with Crippen LogP contribution in [0.5, 0.6) is 0 Å². The van der Waals surface area contributed by atoms with Crippen molar-refractivity contribution in [1.82, 2.24) is 14.8 Å². The summed E-state index contributed by atoms with van der Waals surface area (Å²) in [5, 5.41) is 7.12. The first-order chi connectivity index (χ1) is 14.6. The molecule has 1 aliphatic heterocycles. The monoisotopic (exact) mass is 447 g/mol. The molecule has 8 nitrogen and oxygen atoms in total. The summed E-state index contributed by atoms with van der Waals surface area (Å²) in [6, 6.07) is 4.55. The number of carbonyl (C=O) groups is 2. The number of carboxylic acid groups (broad SMARTS) is 1. The Morgan fingerprint density at radius 2 is 2.06 bits per heavy atom. The number of aromatic nitrogens is 1. The number of carbonyl (C=O) groups excluding carboxylic acids is 1. The second kappa shape index (κ2) is 11.4. The van der Waals surface area contributed by atoms with E-state index < -0.39 is 12.1 Å². The fourth-order valence-electron chi connectivity index (χ4n) is 3.63. The maximum Gasteiger partial charge on any atom is 0.490 e. The summed E-state index contributed by atoms with van der Waals surface area (Å²) >= 11 is 0. The molecule has 1 aliphatic carbocycles. The maximum atomic E-state index is 11.6. The number of rotatable bonds is 6. The molecule has 1 aromatic heterocycles. The van der Waals surface area contributed by atoms with Gasteiger partial charge in [-0.3, -0.25) is 14.7 Å². The fourth-order valence-corrected chi connectivity index (χ4v) is 3.63. The number of morpholine rings is 1. The number of aliphatic carboxylic acids is 1. The van der Waals surface area contributed by atoms with Gasteiger partial charge in [0.25, 0.3) is 0 Å². The van der Waals surface area contributed by atoms with Crippen molar-refractivity contribution in [1.29, 1.82) is 0 Å². The third-order valence-electron chi connectivity index (χ3n) is 5.18. The third kappa shape index (κ3) is 8.08. The van der Waals surface area contributed by atoms with Crippen molar-refractivity contribution in [2.24, 2.45) is 5.92 Å². The van der Waals surface area contributed by atoms with E-state index in [4.69, 9.17) is 19.4 Å². The van der Waals surface area contributed by atoms with E-state index >= 15 is 0 Å². The van der Waals surface area contributed by atoms with Gasteiger partial charge >= 0.3 is 12.1 Å². The van der Waals surface area contributed by atoms with Gasteiger partial charge in [0.1, 0.15) is 6.61 Å². The minimum absolute atomic E-state index is 0.0138. The third-order valence-corrected chi connectivity index (χ3v) is 5.18. The SMILES string of the molecule is CN(C)C(=O)COCC1C[C@@H]2OCCN(Cc3cccnc3)[C@H]2C1.O=C(O)C(F)(F)F. The lowest BCUT2D eigenvalue weighted by Gasteiger charge is -2.37. The fraction of sp³-hybridized carbons (Fsp3) is 0.650. The highest BCUT2D eigenvalue weighted by Crippen LogP contribution is 2.35. The first-order valence-corrected chi connectivity index (χ1v) is 9.90. The molecule has 1 N–H and O–H groups in total. The number of carboxylic acids is 1. The number of fused-ring (bicyclic) bond motifs is 1. The second-order valence-corrected chi connectivity index (χ2v) is 7.75. The number of ether oxygens (including phenoxy) is 2. The summed E-state index contributed by atoms with van der Waals surface area (Å²) < 4.78 is 43.3. The van der Waals surface area contributed by atoms with Gasteiger partial charge in [-0.2, -0.15) is 13.2 Å². The molecule has 1 saturated carbocycles. The minimum atomic E-state index is -5.08. The number of nitrogens with zero attached hydrogens (tertiary/aromatic N) is 3. The highest BCUT2D eigenvalue weighted by molar-refractivity contribution is 5.76. The van der Waals surface area contributed by atoms with E-state index in [0.29, 0.717) is 18.6 Å². The molecule has 174 valence electrons. The number of hydrogen-bond donors (Lipinski definition) is 1. The van der Waals surface area contributed by atoms with Crippen molar-refractivity contribution in [2.45, 2.75) is 37.7 Å². The molecule has 11 heteroatoms. The normalized spacial score (nSPS) is 23.5. The Morgan fingerprint density at radius 3 is 2.65 bits per heavy atom. The quantitative estimate of drug-likeness (QED) is 0.711. The standard InChI is InChI=1S/C18H27N3O3.C2HF3O2/c1-20(2)18(22)13-23-12-15-8-16-17(9-15)24-7-6-21(16)11-14-4-3-5-19-10-14;3-2(4,5)1(6)7/h3-5,10,15-17H,6-9,11-13H2,1-2H3;(H,6,7)/t15?,16-,17-;/m0./s1. The molecule has 2 aliphatic rings. The highest BCUT2D eigenvalue weighted by atomic mass is 19.4. The van der Waals surface area contributed by atoms with Gasteiger partial charge in [-0.15, -0.1) is 0 Å². The molecule has 0 radical (unpaired) electrons. The summed E-state index contributed by atoms with van der Waals surface area (Å²) in [6.45, 7) is 3.47. The Bertz CT molecular complexity index is 718. The van der Waals surface area contributed by atoms with Crippen LogP contribution in [0, 0.1) is 5.92 Å². The first-order valence-electron chi connectivity index (χ1n) is 9.90. The molecule has 31 heavy (non-hydrogen) atoms. The van der Waals surface area contributed by atoms with Gasteiger partial charge in [-0.25, -0.2) is 4.79 Å². The topological polar surface area (TPSA) is 92.2 Å². The van der Waals surface area contributed by atoms with Gasteiger partial charge in [0.05, 0.1) is 19.3 Å². The summed E-state index contributed by atoms with van der Waals surface area (Å²) in [5.74, 6) is -2.28. The number of halogens is 3. The van der Waals surface area contributed by atoms with Crippen LogP contribution in [-0.2, 0) is 25.6 Å². The number of likely N-dealkylation sites (N-methyl/N-ethyl adjacent to an activating group) is 1. The van der Waals surface area contributed by atoms with Crippen molar-refractivity contribution in [3.63, 3.8) is 0 Å². The number of alkyl halides is 3. The minimum Gasteiger partial charge on any atom is -0.475 e. The Hall–Kier alpha value is -2.24. The molecule has 3 atom stereocenters. The van der Waals surface area contributed by atoms with Crippen molar-refractivity contribution < 1.29 is 37.3 Å². The molecule has 0 spiro atoms. The predicted octanol–water partition coefficient (Wildman–Crippen LogP) is 1.80. The van der Waals surface area contributed by atoms with Gasteiger partial charge in [0.2, 0.25) is 5.91 Å². The van der Waals surface area contributed by atoms with Crippen LogP contribution in [0.25, 0.3) is 0 Å². The summed E-state index contributed by atoms with van der Waals surface area (Å²) in [6.07, 6.45) is 1.04. The van der Waals surface area contributed by atoms with Crippen LogP contribution < -0.4 is 0 Å². The Morgan fingerprint density at radius 1 is 1.35 bits per heavy atom. The van der Waals surface area contributed by atoms with E-state index in [9.17, 15) is 18.0 Å². The van der Waals surface area contributed by atoms with E-state index in [-0.39, 0.29) is 18.6 Å². The van der Waals surface area contributed by atoms with Crippen LogP contribution in [0.15, 0.2) is 24.5 Å². The second-order valence-electron chi connectivity index (χ2n) is 7.75. The van der Waals surface area contributed by atoms with Crippen molar-refractivity contribution >= 4 is 11.9 Å². The molecule has 1 aromatic rings. The average Bonchev–Trinajstić information content (AvgIpc) is 3.12. The van der Waals surface area contributed by atoms with E-state index in [2.05, 4.69) is 16.0 Å². The zero-order valence-corrected chi connectivity index (χ0v) is 17.5. The van der Waals surface area contributed by atoms with E-state index in [0.717, 1.165) is 32.5 Å². The molecule has 1 unspecified atom stereocenters. The average molecular weight is 447 g/mol. The van der Waals surface area contributed by atoms with E-state index in [1.54, 1.807) is 19.0 Å². The molecular formula is C20H28F3N3O5. The lowest BCUT2D eigenvalue weighted by molar-refractivity contribution is -0.192. The van der Waals surface area contributed by atoms with Crippen LogP contribution in [0.3, 0.4) is 0 Å². The van der Waals surface area contributed by atoms with E-state index in [1.165, 1.54) is 5.56 Å². The number of amides is 1. The van der Waals surface area contributed by atoms with Crippen LogP contribution in [-0.4, -0.2) is 90.5 Å². The molecule has 3 rings (SSSR count). The first kappa shape index (κ1) is 25.0. The zero-order valence-electron chi connectivity index (χ0n) is 17.5. The van der Waals surface area contributed by atoms with Crippen LogP contribution >= 0.6 is 0 Å². The van der Waals surface area contributed by atoms with Gasteiger partial charge in [-0.05, 0) is 30.4 Å². The van der Waals surface area contributed by atoms with Crippen molar-refractivity contribution in [2.75, 3.05) is 40.5 Å². The molecule has 1 saturated heterocycles. The Kier molecular flexibility index (Phi) is 9.20. The summed E-state index contributed by atoms with van der Waals surface area (Å²) in [7, 11) is 3.50. The molecule has 1 amide bonds. The predicted molar refractivity (Wildman–Crippen MR) is 104 cm³/mol. The van der Waals surface area contributed by atoms with Gasteiger partial charge in [0.15, 0.2) is 0 Å². The Labute approximate surface area is 178 Å². The number of hydrogen-bond acceptors (Lipinski definition) is 6. The van der Waals surface area contributed by atoms with Crippen LogP contribution in [0.2, 0.25) is 0 Å². The van der Waals surface area contributed by atoms with Crippen molar-refractivity contribution in [3.05, 3.63) is 30.1 Å². The molecule has 0 aromatic carbocycles. The number of pyridine rings is 1. The lowest BCUT2D eigenvalue weighted by atomic mass is 10.1. The largest absolute Gasteiger partial charge is 0.490 e. The summed E-state index contributed by atoms with van der Waals surface area (Å²) in [4.78, 5) is 28.8. The Balaban J connectivity index is 0.000000423. The smallest absolute Gasteiger partial charge is 0.475 e.